The van der Waals surface area contributed by atoms with Gasteiger partial charge in [0.05, 0.1) is 24.3 Å². The van der Waals surface area contributed by atoms with Crippen LogP contribution in [0.5, 0.6) is 11.5 Å². The van der Waals surface area contributed by atoms with E-state index in [0.29, 0.717) is 0 Å². The Morgan fingerprint density at radius 1 is 0.595 bits per heavy atom. The van der Waals surface area contributed by atoms with Gasteiger partial charge in [0.25, 0.3) is 0 Å². The van der Waals surface area contributed by atoms with Crippen LogP contribution in [0.25, 0.3) is 21.9 Å². The van der Waals surface area contributed by atoms with Gasteiger partial charge in [-0.05, 0) is 24.3 Å². The topological polar surface area (TPSA) is 88.1 Å². The Hall–Kier alpha value is -4.00. The van der Waals surface area contributed by atoms with Gasteiger partial charge in [-0.25, -0.2) is 9.59 Å². The third kappa shape index (κ3) is 6.23. The quantitative estimate of drug-likeness (QED) is 0.171. The Labute approximate surface area is 202 Å². The second-order valence-corrected chi connectivity index (χ2v) is 7.58. The van der Waals surface area contributed by atoms with Crippen molar-refractivity contribution in [3.05, 3.63) is 80.5 Å². The van der Waals surface area contributed by atoms with Crippen molar-refractivity contribution in [3.8, 4) is 11.5 Å². The minimum atomic E-state index is -4.72. The van der Waals surface area contributed by atoms with Crippen LogP contribution >= 0.6 is 0 Å². The summed E-state index contributed by atoms with van der Waals surface area (Å²) in [6.45, 7) is -0.553. The number of hydrogen-bond acceptors (Lipinski definition) is 7. The van der Waals surface area contributed by atoms with Crippen LogP contribution < -0.4 is 20.7 Å². The van der Waals surface area contributed by atoms with Crippen molar-refractivity contribution in [1.82, 2.24) is 0 Å². The molecule has 0 aliphatic rings. The summed E-state index contributed by atoms with van der Waals surface area (Å²) >= 11 is 0. The van der Waals surface area contributed by atoms with Crippen LogP contribution in [0.2, 0.25) is 0 Å². The van der Waals surface area contributed by atoms with E-state index >= 15 is 0 Å². The molecule has 13 heteroatoms. The average Bonchev–Trinajstić information content (AvgIpc) is 2.80. The number of rotatable bonds is 8. The first-order valence-electron chi connectivity index (χ1n) is 10.6. The maximum absolute atomic E-state index is 13.4. The Kier molecular flexibility index (Phi) is 7.16. The zero-order valence-corrected chi connectivity index (χ0v) is 18.6. The molecule has 7 nitrogen and oxygen atoms in total. The lowest BCUT2D eigenvalue weighted by Gasteiger charge is -2.14. The van der Waals surface area contributed by atoms with E-state index in [9.17, 15) is 35.9 Å². The second kappa shape index (κ2) is 10.2. The predicted octanol–water partition coefficient (Wildman–Crippen LogP) is 5.41. The fraction of sp³-hybridized carbons (Fsp3) is 0.250. The molecule has 0 saturated carbocycles. The van der Waals surface area contributed by atoms with Crippen molar-refractivity contribution in [2.75, 3.05) is 26.4 Å². The number of fused-ring (bicyclic) bond motifs is 2. The van der Waals surface area contributed by atoms with E-state index in [1.54, 1.807) is 0 Å². The van der Waals surface area contributed by atoms with Gasteiger partial charge in [-0.3, -0.25) is 0 Å². The van der Waals surface area contributed by atoms with Crippen LogP contribution in [0.15, 0.2) is 67.0 Å². The third-order valence-corrected chi connectivity index (χ3v) is 5.03. The highest BCUT2D eigenvalue weighted by Gasteiger charge is 2.35. The van der Waals surface area contributed by atoms with Crippen molar-refractivity contribution in [3.63, 3.8) is 0 Å². The minimum absolute atomic E-state index is 0.0954. The van der Waals surface area contributed by atoms with Crippen LogP contribution in [0.4, 0.5) is 26.3 Å². The van der Waals surface area contributed by atoms with Gasteiger partial charge in [0, 0.05) is 35.0 Å². The Balaban J connectivity index is 1.33. The van der Waals surface area contributed by atoms with Gasteiger partial charge in [0.2, 0.25) is 0 Å². The standard InChI is InChI=1S/C24H16F6O7/c25-23(26,27)17-9-13(11-19-15(17)1-3-21(31)36-19)34-7-5-33-6-8-35-14-10-18(24(28,29)30)16-2-4-22(32)37-20(16)12-14/h1-4,9-12H,5-8H2. The lowest BCUT2D eigenvalue weighted by Crippen LogP contribution is -2.13. The van der Waals surface area contributed by atoms with E-state index < -0.39 is 34.7 Å². The van der Waals surface area contributed by atoms with Gasteiger partial charge in [-0.1, -0.05) is 0 Å². The fourth-order valence-corrected chi connectivity index (χ4v) is 3.48. The molecule has 0 radical (unpaired) electrons. The molecule has 0 bridgehead atoms. The molecular formula is C24H16F6O7. The Bertz CT molecular complexity index is 1420. The zero-order chi connectivity index (χ0) is 26.8. The maximum atomic E-state index is 13.4. The van der Waals surface area contributed by atoms with Crippen LogP contribution in [0.3, 0.4) is 0 Å². The van der Waals surface area contributed by atoms with Crippen LogP contribution in [-0.4, -0.2) is 26.4 Å². The molecule has 2 aromatic carbocycles. The number of hydrogen-bond donors (Lipinski definition) is 0. The molecule has 0 spiro atoms. The van der Waals surface area contributed by atoms with Gasteiger partial charge in [-0.2, -0.15) is 26.3 Å². The normalized spacial score (nSPS) is 12.3. The predicted molar refractivity (Wildman–Crippen MR) is 117 cm³/mol. The monoisotopic (exact) mass is 530 g/mol. The molecule has 0 aliphatic carbocycles. The van der Waals surface area contributed by atoms with Crippen LogP contribution in [-0.2, 0) is 17.1 Å². The molecule has 37 heavy (non-hydrogen) atoms. The Morgan fingerprint density at radius 2 is 1.00 bits per heavy atom. The molecule has 0 unspecified atom stereocenters. The number of benzene rings is 2. The van der Waals surface area contributed by atoms with Gasteiger partial charge >= 0.3 is 23.6 Å². The van der Waals surface area contributed by atoms with Crippen molar-refractivity contribution < 1.29 is 49.4 Å². The number of alkyl halides is 6. The molecule has 4 aromatic rings. The van der Waals surface area contributed by atoms with Gasteiger partial charge < -0.3 is 23.0 Å². The summed E-state index contributed by atoms with van der Waals surface area (Å²) in [5.41, 5.74) is -4.31. The summed E-state index contributed by atoms with van der Waals surface area (Å²) in [7, 11) is 0. The molecule has 0 amide bonds. The third-order valence-electron chi connectivity index (χ3n) is 5.03. The smallest absolute Gasteiger partial charge is 0.417 e. The van der Waals surface area contributed by atoms with Crippen molar-refractivity contribution in [1.29, 1.82) is 0 Å². The molecule has 0 fully saturated rings. The van der Waals surface area contributed by atoms with Gasteiger partial charge in [0.15, 0.2) is 0 Å². The highest BCUT2D eigenvalue weighted by Crippen LogP contribution is 2.38. The molecule has 0 saturated heterocycles. The van der Waals surface area contributed by atoms with E-state index in [1.807, 2.05) is 0 Å². The highest BCUT2D eigenvalue weighted by molar-refractivity contribution is 5.83. The SMILES string of the molecule is O=c1ccc2c(C(F)(F)F)cc(OCCOCCOc3cc(C(F)(F)F)c4ccc(=O)oc4c3)cc2o1. The number of ether oxygens (including phenoxy) is 3. The second-order valence-electron chi connectivity index (χ2n) is 7.58. The summed E-state index contributed by atoms with van der Waals surface area (Å²) in [5.74, 6) is -0.405. The van der Waals surface area contributed by atoms with E-state index in [0.717, 1.165) is 48.5 Å². The largest absolute Gasteiger partial charge is 0.491 e. The molecule has 2 heterocycles. The number of halogens is 6. The summed E-state index contributed by atoms with van der Waals surface area (Å²) in [4.78, 5) is 22.7. The van der Waals surface area contributed by atoms with Crippen molar-refractivity contribution in [2.24, 2.45) is 0 Å². The molecule has 0 atom stereocenters. The first-order valence-corrected chi connectivity index (χ1v) is 10.6. The summed E-state index contributed by atoms with van der Waals surface area (Å²) in [6.07, 6.45) is -9.44. The molecule has 0 N–H and O–H groups in total. The first kappa shape index (κ1) is 26.1. The summed E-state index contributed by atoms with van der Waals surface area (Å²) in [6, 6.07) is 7.60. The van der Waals surface area contributed by atoms with E-state index in [-0.39, 0.29) is 59.9 Å². The van der Waals surface area contributed by atoms with E-state index in [4.69, 9.17) is 23.0 Å². The minimum Gasteiger partial charge on any atom is -0.491 e. The summed E-state index contributed by atoms with van der Waals surface area (Å²) in [5, 5.41) is -0.594. The maximum Gasteiger partial charge on any atom is 0.417 e. The van der Waals surface area contributed by atoms with Crippen molar-refractivity contribution >= 4 is 21.9 Å². The lowest BCUT2D eigenvalue weighted by molar-refractivity contribution is -0.137. The average molecular weight is 530 g/mol. The molecule has 0 aliphatic heterocycles. The molecule has 2 aromatic heterocycles. The zero-order valence-electron chi connectivity index (χ0n) is 18.6. The fourth-order valence-electron chi connectivity index (χ4n) is 3.48. The van der Waals surface area contributed by atoms with Gasteiger partial charge in [0.1, 0.15) is 35.9 Å². The molecule has 4 rings (SSSR count). The first-order chi connectivity index (χ1) is 17.4. The Morgan fingerprint density at radius 3 is 1.38 bits per heavy atom. The molecular weight excluding hydrogens is 514 g/mol. The van der Waals surface area contributed by atoms with Crippen molar-refractivity contribution in [2.45, 2.75) is 12.4 Å². The summed E-state index contributed by atoms with van der Waals surface area (Å²) < 4.78 is 106. The van der Waals surface area contributed by atoms with Crippen LogP contribution in [0.1, 0.15) is 11.1 Å². The van der Waals surface area contributed by atoms with Gasteiger partial charge in [-0.15, -0.1) is 0 Å². The van der Waals surface area contributed by atoms with E-state index in [2.05, 4.69) is 0 Å². The molecule has 196 valence electrons. The highest BCUT2D eigenvalue weighted by atomic mass is 19.4. The lowest BCUT2D eigenvalue weighted by atomic mass is 10.1. The van der Waals surface area contributed by atoms with Crippen LogP contribution in [0, 0.1) is 0 Å². The van der Waals surface area contributed by atoms with E-state index in [1.165, 1.54) is 0 Å².